The summed E-state index contributed by atoms with van der Waals surface area (Å²) >= 11 is -1.95. The van der Waals surface area contributed by atoms with Gasteiger partial charge < -0.3 is 23.3 Å². The zero-order valence-electron chi connectivity index (χ0n) is 20.2. The SMILES string of the molecule is COc1cccc([S+]([O-])c2nc(-c3ccc(=O)n(Cc4ccc(OC)c(OC)c4)c3)cc(C(F)F)n2)c1. The van der Waals surface area contributed by atoms with E-state index in [0.717, 1.165) is 11.6 Å². The molecule has 0 N–H and O–H groups in total. The molecule has 2 aromatic heterocycles. The van der Waals surface area contributed by atoms with Crippen molar-refractivity contribution in [3.8, 4) is 28.5 Å². The first-order valence-corrected chi connectivity index (χ1v) is 12.1. The van der Waals surface area contributed by atoms with Gasteiger partial charge in [-0.3, -0.25) is 4.79 Å². The summed E-state index contributed by atoms with van der Waals surface area (Å²) < 4.78 is 57.7. The normalized spacial score (nSPS) is 11.9. The topological polar surface area (TPSA) is 98.5 Å². The van der Waals surface area contributed by atoms with Crippen LogP contribution < -0.4 is 19.8 Å². The van der Waals surface area contributed by atoms with Crippen LogP contribution in [0.3, 0.4) is 0 Å². The second kappa shape index (κ2) is 11.4. The number of methoxy groups -OCH3 is 3. The predicted molar refractivity (Wildman–Crippen MR) is 133 cm³/mol. The van der Waals surface area contributed by atoms with Gasteiger partial charge in [0.1, 0.15) is 11.4 Å². The third kappa shape index (κ3) is 5.89. The summed E-state index contributed by atoms with van der Waals surface area (Å²) in [6, 6.07) is 15.6. The standard InChI is InChI=1S/C26H23F2N3O5S/c1-34-18-5-4-6-19(12-18)37(33)26-29-20(13-21(30-26)25(27)28)17-8-10-24(32)31(15-17)14-16-7-9-22(35-2)23(11-16)36-3/h4-13,15,25H,14H2,1-3H3. The number of alkyl halides is 2. The lowest BCUT2D eigenvalue weighted by Crippen LogP contribution is -2.19. The van der Waals surface area contributed by atoms with Gasteiger partial charge in [-0.15, -0.1) is 0 Å². The summed E-state index contributed by atoms with van der Waals surface area (Å²) in [4.78, 5) is 21.0. The predicted octanol–water partition coefficient (Wildman–Crippen LogP) is 4.48. The van der Waals surface area contributed by atoms with Crippen molar-refractivity contribution in [3.63, 3.8) is 0 Å². The molecule has 0 fully saturated rings. The van der Waals surface area contributed by atoms with Gasteiger partial charge in [0.15, 0.2) is 16.4 Å². The van der Waals surface area contributed by atoms with Gasteiger partial charge in [-0.1, -0.05) is 12.1 Å². The van der Waals surface area contributed by atoms with E-state index in [1.807, 2.05) is 0 Å². The number of hydrogen-bond donors (Lipinski definition) is 0. The molecule has 8 nitrogen and oxygen atoms in total. The fourth-order valence-corrected chi connectivity index (χ4v) is 4.60. The lowest BCUT2D eigenvalue weighted by Gasteiger charge is -2.13. The van der Waals surface area contributed by atoms with E-state index in [1.165, 1.54) is 50.3 Å². The highest BCUT2D eigenvalue weighted by atomic mass is 32.2. The number of ether oxygens (including phenoxy) is 3. The Morgan fingerprint density at radius 3 is 2.43 bits per heavy atom. The van der Waals surface area contributed by atoms with E-state index >= 15 is 0 Å². The molecule has 4 rings (SSSR count). The molecule has 0 radical (unpaired) electrons. The Bertz CT molecular complexity index is 1460. The number of benzene rings is 2. The highest BCUT2D eigenvalue weighted by molar-refractivity contribution is 7.91. The fourth-order valence-electron chi connectivity index (χ4n) is 3.59. The van der Waals surface area contributed by atoms with Crippen molar-refractivity contribution < 1.29 is 27.5 Å². The van der Waals surface area contributed by atoms with Crippen molar-refractivity contribution in [2.24, 2.45) is 0 Å². The van der Waals surface area contributed by atoms with E-state index in [0.29, 0.717) is 27.7 Å². The molecular formula is C26H23F2N3O5S. The van der Waals surface area contributed by atoms with E-state index in [9.17, 15) is 18.1 Å². The van der Waals surface area contributed by atoms with Crippen LogP contribution in [0.4, 0.5) is 8.78 Å². The molecule has 0 saturated heterocycles. The molecule has 4 aromatic rings. The van der Waals surface area contributed by atoms with Gasteiger partial charge in [0.05, 0.1) is 44.7 Å². The number of rotatable bonds is 9. The average Bonchev–Trinajstić information content (AvgIpc) is 2.93. The molecule has 2 heterocycles. The van der Waals surface area contributed by atoms with Crippen LogP contribution in [0.25, 0.3) is 11.3 Å². The second-order valence-electron chi connectivity index (χ2n) is 7.78. The maximum Gasteiger partial charge on any atom is 0.349 e. The summed E-state index contributed by atoms with van der Waals surface area (Å²) in [6.07, 6.45) is -1.41. The number of pyridine rings is 1. The van der Waals surface area contributed by atoms with Gasteiger partial charge in [-0.2, -0.15) is 9.97 Å². The van der Waals surface area contributed by atoms with Crippen molar-refractivity contribution in [3.05, 3.63) is 88.5 Å². The van der Waals surface area contributed by atoms with Gasteiger partial charge in [0, 0.05) is 23.9 Å². The van der Waals surface area contributed by atoms with Crippen molar-refractivity contribution in [1.82, 2.24) is 14.5 Å². The molecule has 0 amide bonds. The van der Waals surface area contributed by atoms with Crippen LogP contribution in [0.15, 0.2) is 81.7 Å². The Morgan fingerprint density at radius 1 is 0.946 bits per heavy atom. The molecular weight excluding hydrogens is 504 g/mol. The van der Waals surface area contributed by atoms with Crippen molar-refractivity contribution in [2.75, 3.05) is 21.3 Å². The zero-order valence-corrected chi connectivity index (χ0v) is 21.0. The summed E-state index contributed by atoms with van der Waals surface area (Å²) in [6.45, 7) is 0.183. The van der Waals surface area contributed by atoms with Gasteiger partial charge in [-0.05, 0) is 42.0 Å². The van der Waals surface area contributed by atoms with Crippen LogP contribution in [0.1, 0.15) is 17.7 Å². The van der Waals surface area contributed by atoms with E-state index in [2.05, 4.69) is 9.97 Å². The minimum atomic E-state index is -2.92. The van der Waals surface area contributed by atoms with E-state index in [1.54, 1.807) is 36.4 Å². The molecule has 11 heteroatoms. The summed E-state index contributed by atoms with van der Waals surface area (Å²) in [7, 11) is 4.50. The molecule has 2 aromatic carbocycles. The first kappa shape index (κ1) is 26.1. The fraction of sp³-hybridized carbons (Fsp3) is 0.192. The van der Waals surface area contributed by atoms with Crippen molar-refractivity contribution in [2.45, 2.75) is 23.0 Å². The first-order valence-electron chi connectivity index (χ1n) is 11.0. The zero-order chi connectivity index (χ0) is 26.5. The third-order valence-corrected chi connectivity index (χ3v) is 6.65. The minimum absolute atomic E-state index is 0.109. The molecule has 192 valence electrons. The highest BCUT2D eigenvalue weighted by Crippen LogP contribution is 2.29. The molecule has 0 aliphatic heterocycles. The maximum atomic E-state index is 13.7. The lowest BCUT2D eigenvalue weighted by atomic mass is 10.1. The molecule has 0 aliphatic carbocycles. The maximum absolute atomic E-state index is 13.7. The Labute approximate surface area is 214 Å². The molecule has 0 saturated carbocycles. The summed E-state index contributed by atoms with van der Waals surface area (Å²) in [5.74, 6) is 1.51. The number of aromatic nitrogens is 3. The Hall–Kier alpha value is -3.96. The van der Waals surface area contributed by atoms with Crippen LogP contribution in [-0.4, -0.2) is 40.4 Å². The second-order valence-corrected chi connectivity index (χ2v) is 9.16. The third-order valence-electron chi connectivity index (χ3n) is 5.45. The van der Waals surface area contributed by atoms with E-state index < -0.39 is 23.3 Å². The lowest BCUT2D eigenvalue weighted by molar-refractivity contribution is 0.145. The molecule has 0 aliphatic rings. The Morgan fingerprint density at radius 2 is 1.73 bits per heavy atom. The minimum Gasteiger partial charge on any atom is -0.604 e. The summed E-state index contributed by atoms with van der Waals surface area (Å²) in [5, 5.41) is -0.279. The van der Waals surface area contributed by atoms with Crippen LogP contribution in [-0.2, 0) is 17.7 Å². The van der Waals surface area contributed by atoms with E-state index in [4.69, 9.17) is 14.2 Å². The number of nitrogens with zero attached hydrogens (tertiary/aromatic N) is 3. The Kier molecular flexibility index (Phi) is 8.04. The molecule has 1 unspecified atom stereocenters. The largest absolute Gasteiger partial charge is 0.604 e. The quantitative estimate of drug-likeness (QED) is 0.234. The average molecular weight is 528 g/mol. The van der Waals surface area contributed by atoms with Gasteiger partial charge in [0.25, 0.3) is 12.0 Å². The van der Waals surface area contributed by atoms with Crippen molar-refractivity contribution in [1.29, 1.82) is 0 Å². The van der Waals surface area contributed by atoms with Crippen LogP contribution >= 0.6 is 0 Å². The van der Waals surface area contributed by atoms with Gasteiger partial charge in [0.2, 0.25) is 0 Å². The molecule has 37 heavy (non-hydrogen) atoms. The number of hydrogen-bond acceptors (Lipinski definition) is 7. The van der Waals surface area contributed by atoms with Crippen LogP contribution in [0.2, 0.25) is 0 Å². The molecule has 0 spiro atoms. The highest BCUT2D eigenvalue weighted by Gasteiger charge is 2.24. The Balaban J connectivity index is 1.73. The molecule has 1 atom stereocenters. The monoisotopic (exact) mass is 527 g/mol. The van der Waals surface area contributed by atoms with Crippen LogP contribution in [0, 0.1) is 0 Å². The first-order chi connectivity index (χ1) is 17.8. The van der Waals surface area contributed by atoms with Gasteiger partial charge >= 0.3 is 5.16 Å². The summed E-state index contributed by atoms with van der Waals surface area (Å²) in [5.41, 5.74) is 0.370. The van der Waals surface area contributed by atoms with Crippen molar-refractivity contribution >= 4 is 11.2 Å². The smallest absolute Gasteiger partial charge is 0.349 e. The van der Waals surface area contributed by atoms with E-state index in [-0.39, 0.29) is 23.0 Å². The van der Waals surface area contributed by atoms with Gasteiger partial charge in [-0.25, -0.2) is 8.78 Å². The molecule has 0 bridgehead atoms. The van der Waals surface area contributed by atoms with Crippen LogP contribution in [0.5, 0.6) is 17.2 Å². The number of halogens is 2.